The van der Waals surface area contributed by atoms with E-state index < -0.39 is 0 Å². The van der Waals surface area contributed by atoms with Gasteiger partial charge in [-0.25, -0.2) is 0 Å². The van der Waals surface area contributed by atoms with Crippen LogP contribution >= 0.6 is 23.1 Å². The quantitative estimate of drug-likeness (QED) is 0.692. The summed E-state index contributed by atoms with van der Waals surface area (Å²) in [5, 5.41) is 13.0. The smallest absolute Gasteiger partial charge is 0.277 e. The van der Waals surface area contributed by atoms with E-state index >= 15 is 0 Å². The molecule has 0 aliphatic heterocycles. The fourth-order valence-electron chi connectivity index (χ4n) is 1.89. The van der Waals surface area contributed by atoms with Crippen LogP contribution in [-0.4, -0.2) is 21.4 Å². The fourth-order valence-corrected chi connectivity index (χ4v) is 3.24. The average Bonchev–Trinajstić information content (AvgIpc) is 3.25. The van der Waals surface area contributed by atoms with Crippen molar-refractivity contribution in [1.82, 2.24) is 15.5 Å². The summed E-state index contributed by atoms with van der Waals surface area (Å²) >= 11 is 2.87. The second kappa shape index (κ2) is 7.43. The molecule has 23 heavy (non-hydrogen) atoms. The zero-order valence-electron chi connectivity index (χ0n) is 12.4. The number of carbonyl (C=O) groups is 1. The lowest BCUT2D eigenvalue weighted by Crippen LogP contribution is -2.30. The van der Waals surface area contributed by atoms with Crippen LogP contribution in [-0.2, 0) is 11.3 Å². The number of nitrogens with zero attached hydrogens (tertiary/aromatic N) is 2. The Morgan fingerprint density at radius 1 is 1.26 bits per heavy atom. The van der Waals surface area contributed by atoms with Gasteiger partial charge in [0.05, 0.1) is 11.8 Å². The molecule has 0 unspecified atom stereocenters. The van der Waals surface area contributed by atoms with E-state index in [4.69, 9.17) is 4.42 Å². The van der Waals surface area contributed by atoms with Crippen molar-refractivity contribution in [2.45, 2.75) is 23.9 Å². The van der Waals surface area contributed by atoms with E-state index in [0.29, 0.717) is 17.7 Å². The molecule has 0 radical (unpaired) electrons. The van der Waals surface area contributed by atoms with Crippen LogP contribution in [0.4, 0.5) is 0 Å². The SMILES string of the molecule is C[C@@H](Sc1nnc(-c2ccccc2)o1)C(=O)NCc1cccs1. The van der Waals surface area contributed by atoms with Gasteiger partial charge in [-0.15, -0.1) is 21.5 Å². The van der Waals surface area contributed by atoms with E-state index in [0.717, 1.165) is 10.4 Å². The predicted molar refractivity (Wildman–Crippen MR) is 91.2 cm³/mol. The van der Waals surface area contributed by atoms with Crippen LogP contribution in [0.1, 0.15) is 11.8 Å². The third kappa shape index (κ3) is 4.20. The minimum Gasteiger partial charge on any atom is -0.411 e. The number of thiophene rings is 1. The van der Waals surface area contributed by atoms with Crippen molar-refractivity contribution in [2.75, 3.05) is 0 Å². The molecule has 0 fully saturated rings. The third-order valence-corrected chi connectivity index (χ3v) is 4.90. The van der Waals surface area contributed by atoms with Crippen molar-refractivity contribution in [3.63, 3.8) is 0 Å². The van der Waals surface area contributed by atoms with Gasteiger partial charge in [0.25, 0.3) is 5.22 Å². The van der Waals surface area contributed by atoms with Crippen molar-refractivity contribution < 1.29 is 9.21 Å². The van der Waals surface area contributed by atoms with Crippen LogP contribution in [0.3, 0.4) is 0 Å². The number of thioether (sulfide) groups is 1. The molecular formula is C16H15N3O2S2. The molecule has 118 valence electrons. The van der Waals surface area contributed by atoms with E-state index in [1.54, 1.807) is 11.3 Å². The highest BCUT2D eigenvalue weighted by Gasteiger charge is 2.18. The fraction of sp³-hybridized carbons (Fsp3) is 0.188. The molecule has 0 bridgehead atoms. The number of rotatable bonds is 6. The van der Waals surface area contributed by atoms with Crippen LogP contribution in [0.25, 0.3) is 11.5 Å². The highest BCUT2D eigenvalue weighted by atomic mass is 32.2. The molecule has 3 aromatic rings. The highest BCUT2D eigenvalue weighted by molar-refractivity contribution is 8.00. The second-order valence-corrected chi connectivity index (χ2v) is 7.12. The zero-order valence-corrected chi connectivity index (χ0v) is 14.1. The van der Waals surface area contributed by atoms with E-state index in [1.165, 1.54) is 11.8 Å². The molecule has 7 heteroatoms. The van der Waals surface area contributed by atoms with E-state index in [9.17, 15) is 4.79 Å². The highest BCUT2D eigenvalue weighted by Crippen LogP contribution is 2.26. The first kappa shape index (κ1) is 15.8. The molecule has 3 rings (SSSR count). The molecular weight excluding hydrogens is 330 g/mol. The molecule has 0 spiro atoms. The average molecular weight is 345 g/mol. The summed E-state index contributed by atoms with van der Waals surface area (Å²) in [6, 6.07) is 13.5. The molecule has 1 amide bonds. The Balaban J connectivity index is 1.56. The standard InChI is InChI=1S/C16H15N3O2S2/c1-11(14(20)17-10-13-8-5-9-22-13)23-16-19-18-15(21-16)12-6-3-2-4-7-12/h2-9,11H,10H2,1H3,(H,17,20)/t11-/m1/s1. The van der Waals surface area contributed by atoms with Crippen molar-refractivity contribution in [3.8, 4) is 11.5 Å². The number of aromatic nitrogens is 2. The molecule has 2 aromatic heterocycles. The van der Waals surface area contributed by atoms with Crippen LogP contribution in [0.5, 0.6) is 0 Å². The third-order valence-electron chi connectivity index (χ3n) is 3.09. The van der Waals surface area contributed by atoms with Gasteiger partial charge in [0.2, 0.25) is 11.8 Å². The van der Waals surface area contributed by atoms with Gasteiger partial charge in [0, 0.05) is 10.4 Å². The zero-order chi connectivity index (χ0) is 16.1. The number of nitrogens with one attached hydrogen (secondary N) is 1. The Kier molecular flexibility index (Phi) is 5.09. The summed E-state index contributed by atoms with van der Waals surface area (Å²) in [5.74, 6) is 0.405. The molecule has 5 nitrogen and oxygen atoms in total. The first-order chi connectivity index (χ1) is 11.2. The summed E-state index contributed by atoms with van der Waals surface area (Å²) in [6.07, 6.45) is 0. The van der Waals surface area contributed by atoms with Crippen molar-refractivity contribution >= 4 is 29.0 Å². The molecule has 1 N–H and O–H groups in total. The van der Waals surface area contributed by atoms with Gasteiger partial charge in [0.1, 0.15) is 0 Å². The number of hydrogen-bond donors (Lipinski definition) is 1. The van der Waals surface area contributed by atoms with E-state index in [2.05, 4.69) is 15.5 Å². The lowest BCUT2D eigenvalue weighted by Gasteiger charge is -2.08. The Morgan fingerprint density at radius 2 is 2.09 bits per heavy atom. The van der Waals surface area contributed by atoms with E-state index in [-0.39, 0.29) is 11.2 Å². The van der Waals surface area contributed by atoms with E-state index in [1.807, 2.05) is 54.8 Å². The Morgan fingerprint density at radius 3 is 2.83 bits per heavy atom. The van der Waals surface area contributed by atoms with Gasteiger partial charge in [-0.2, -0.15) is 0 Å². The first-order valence-corrected chi connectivity index (χ1v) is 8.84. The monoisotopic (exact) mass is 345 g/mol. The Bertz CT molecular complexity index is 757. The minimum atomic E-state index is -0.306. The molecule has 1 atom stereocenters. The molecule has 0 aliphatic carbocycles. The van der Waals surface area contributed by atoms with Crippen LogP contribution in [0.2, 0.25) is 0 Å². The summed E-state index contributed by atoms with van der Waals surface area (Å²) < 4.78 is 5.60. The van der Waals surface area contributed by atoms with Crippen LogP contribution in [0.15, 0.2) is 57.5 Å². The Hall–Kier alpha value is -2.12. The lowest BCUT2D eigenvalue weighted by atomic mass is 10.2. The van der Waals surface area contributed by atoms with Crippen LogP contribution in [0, 0.1) is 0 Å². The predicted octanol–water partition coefficient (Wildman–Crippen LogP) is 3.60. The summed E-state index contributed by atoms with van der Waals surface area (Å²) in [4.78, 5) is 13.2. The number of carbonyl (C=O) groups excluding carboxylic acids is 1. The molecule has 0 saturated carbocycles. The van der Waals surface area contributed by atoms with Crippen molar-refractivity contribution in [3.05, 3.63) is 52.7 Å². The topological polar surface area (TPSA) is 68.0 Å². The lowest BCUT2D eigenvalue weighted by molar-refractivity contribution is -0.120. The van der Waals surface area contributed by atoms with Crippen molar-refractivity contribution in [1.29, 1.82) is 0 Å². The molecule has 2 heterocycles. The Labute approximate surface area is 142 Å². The van der Waals surface area contributed by atoms with Gasteiger partial charge in [-0.1, -0.05) is 36.0 Å². The largest absolute Gasteiger partial charge is 0.411 e. The molecule has 0 aliphatic rings. The summed E-state index contributed by atoms with van der Waals surface area (Å²) in [5.41, 5.74) is 0.863. The van der Waals surface area contributed by atoms with Gasteiger partial charge in [0.15, 0.2) is 0 Å². The normalized spacial score (nSPS) is 12.0. The maximum atomic E-state index is 12.1. The van der Waals surface area contributed by atoms with Gasteiger partial charge in [-0.3, -0.25) is 4.79 Å². The summed E-state index contributed by atoms with van der Waals surface area (Å²) in [7, 11) is 0. The van der Waals surface area contributed by atoms with Crippen molar-refractivity contribution in [2.24, 2.45) is 0 Å². The van der Waals surface area contributed by atoms with Gasteiger partial charge < -0.3 is 9.73 Å². The number of benzene rings is 1. The maximum Gasteiger partial charge on any atom is 0.277 e. The number of amides is 1. The van der Waals surface area contributed by atoms with Crippen LogP contribution < -0.4 is 5.32 Å². The second-order valence-electron chi connectivity index (χ2n) is 4.80. The number of hydrogen-bond acceptors (Lipinski definition) is 6. The molecule has 0 saturated heterocycles. The minimum absolute atomic E-state index is 0.0529. The van der Waals surface area contributed by atoms with Gasteiger partial charge >= 0.3 is 0 Å². The first-order valence-electron chi connectivity index (χ1n) is 7.08. The summed E-state index contributed by atoms with van der Waals surface area (Å²) in [6.45, 7) is 2.36. The molecule has 1 aromatic carbocycles. The van der Waals surface area contributed by atoms with Gasteiger partial charge in [-0.05, 0) is 30.5 Å². The maximum absolute atomic E-state index is 12.1.